The van der Waals surface area contributed by atoms with Crippen LogP contribution in [0.3, 0.4) is 0 Å². The number of aryl methyl sites for hydroxylation is 2. The van der Waals surface area contributed by atoms with Crippen molar-refractivity contribution in [1.82, 2.24) is 20.0 Å². The zero-order chi connectivity index (χ0) is 15.1. The average Bonchev–Trinajstić information content (AvgIpc) is 2.74. The van der Waals surface area contributed by atoms with Gasteiger partial charge in [-0.25, -0.2) is 0 Å². The summed E-state index contributed by atoms with van der Waals surface area (Å²) >= 11 is 6.39. The van der Waals surface area contributed by atoms with E-state index in [4.69, 9.17) is 11.6 Å². The smallest absolute Gasteiger partial charge is 0.0847 e. The third-order valence-corrected chi connectivity index (χ3v) is 4.48. The Morgan fingerprint density at radius 3 is 2.45 bits per heavy atom. The number of aromatic nitrogens is 2. The molecule has 0 spiro atoms. The summed E-state index contributed by atoms with van der Waals surface area (Å²) in [5.74, 6) is 0. The third-order valence-electron chi connectivity index (χ3n) is 3.99. The maximum absolute atomic E-state index is 6.39. The number of likely N-dealkylation sites (N-methyl/N-ethyl adjacent to an activating group) is 1. The summed E-state index contributed by atoms with van der Waals surface area (Å²) in [7, 11) is 2.03. The van der Waals surface area contributed by atoms with Gasteiger partial charge in [-0.05, 0) is 47.0 Å². The molecule has 0 radical (unpaired) electrons. The standard InChI is InChI=1S/C15H29ClN4/c1-6-19(7-2)10-9-13(17-5)11-14-15(16)12(4)18-20(14)8-3/h13,17H,6-11H2,1-5H3. The van der Waals surface area contributed by atoms with Crippen LogP contribution in [0.25, 0.3) is 0 Å². The Balaban J connectivity index is 2.68. The molecule has 5 heteroatoms. The van der Waals surface area contributed by atoms with Crippen molar-refractivity contribution in [3.05, 3.63) is 16.4 Å². The minimum absolute atomic E-state index is 0.439. The van der Waals surface area contributed by atoms with Gasteiger partial charge in [0.05, 0.1) is 16.4 Å². The van der Waals surface area contributed by atoms with E-state index in [0.29, 0.717) is 6.04 Å². The van der Waals surface area contributed by atoms with Crippen molar-refractivity contribution in [3.63, 3.8) is 0 Å². The predicted molar refractivity (Wildman–Crippen MR) is 86.6 cm³/mol. The Labute approximate surface area is 128 Å². The first-order valence-electron chi connectivity index (χ1n) is 7.68. The zero-order valence-corrected chi connectivity index (χ0v) is 14.3. The normalized spacial score (nSPS) is 13.2. The summed E-state index contributed by atoms with van der Waals surface area (Å²) in [5.41, 5.74) is 2.09. The van der Waals surface area contributed by atoms with Gasteiger partial charge in [0.15, 0.2) is 0 Å². The van der Waals surface area contributed by atoms with Crippen molar-refractivity contribution in [2.45, 2.75) is 53.1 Å². The molecular weight excluding hydrogens is 272 g/mol. The van der Waals surface area contributed by atoms with Gasteiger partial charge in [-0.3, -0.25) is 4.68 Å². The lowest BCUT2D eigenvalue weighted by atomic mass is 10.1. The van der Waals surface area contributed by atoms with Crippen molar-refractivity contribution in [2.24, 2.45) is 0 Å². The van der Waals surface area contributed by atoms with Gasteiger partial charge in [0.25, 0.3) is 0 Å². The van der Waals surface area contributed by atoms with Gasteiger partial charge in [0.1, 0.15) is 0 Å². The topological polar surface area (TPSA) is 33.1 Å². The summed E-state index contributed by atoms with van der Waals surface area (Å²) in [6.45, 7) is 12.7. The van der Waals surface area contributed by atoms with Crippen LogP contribution in [0.4, 0.5) is 0 Å². The highest BCUT2D eigenvalue weighted by Crippen LogP contribution is 2.22. The van der Waals surface area contributed by atoms with E-state index in [0.717, 1.165) is 55.4 Å². The predicted octanol–water partition coefficient (Wildman–Crippen LogP) is 2.73. The van der Waals surface area contributed by atoms with Crippen molar-refractivity contribution >= 4 is 11.6 Å². The Kier molecular flexibility index (Phi) is 7.56. The highest BCUT2D eigenvalue weighted by molar-refractivity contribution is 6.31. The highest BCUT2D eigenvalue weighted by Gasteiger charge is 2.17. The molecule has 0 aliphatic heterocycles. The monoisotopic (exact) mass is 300 g/mol. The maximum atomic E-state index is 6.39. The van der Waals surface area contributed by atoms with E-state index in [1.165, 1.54) is 0 Å². The van der Waals surface area contributed by atoms with Crippen molar-refractivity contribution < 1.29 is 0 Å². The van der Waals surface area contributed by atoms with Crippen LogP contribution in [-0.4, -0.2) is 47.4 Å². The summed E-state index contributed by atoms with van der Waals surface area (Å²) < 4.78 is 2.03. The van der Waals surface area contributed by atoms with E-state index in [2.05, 4.69) is 36.1 Å². The van der Waals surface area contributed by atoms with Crippen LogP contribution in [0.5, 0.6) is 0 Å². The van der Waals surface area contributed by atoms with E-state index in [-0.39, 0.29) is 0 Å². The van der Waals surface area contributed by atoms with E-state index in [1.54, 1.807) is 0 Å². The lowest BCUT2D eigenvalue weighted by Crippen LogP contribution is -2.34. The first-order chi connectivity index (χ1) is 9.57. The molecule has 0 bridgehead atoms. The molecule has 116 valence electrons. The van der Waals surface area contributed by atoms with Crippen LogP contribution in [0.2, 0.25) is 5.02 Å². The molecule has 1 heterocycles. The molecular formula is C15H29ClN4. The SMILES string of the molecule is CCN(CC)CCC(Cc1c(Cl)c(C)nn1CC)NC. The minimum Gasteiger partial charge on any atom is -0.317 e. The van der Waals surface area contributed by atoms with Gasteiger partial charge in [-0.2, -0.15) is 5.10 Å². The molecule has 0 saturated heterocycles. The fourth-order valence-electron chi connectivity index (χ4n) is 2.52. The van der Waals surface area contributed by atoms with Crippen LogP contribution in [0.1, 0.15) is 38.6 Å². The molecule has 4 nitrogen and oxygen atoms in total. The van der Waals surface area contributed by atoms with Crippen LogP contribution < -0.4 is 5.32 Å². The molecule has 0 aliphatic rings. The van der Waals surface area contributed by atoms with Gasteiger partial charge in [0.2, 0.25) is 0 Å². The summed E-state index contributed by atoms with van der Waals surface area (Å²) in [6.07, 6.45) is 2.06. The molecule has 1 unspecified atom stereocenters. The first-order valence-corrected chi connectivity index (χ1v) is 8.06. The Hall–Kier alpha value is -0.580. The fraction of sp³-hybridized carbons (Fsp3) is 0.800. The Morgan fingerprint density at radius 1 is 1.30 bits per heavy atom. The molecule has 1 rings (SSSR count). The van der Waals surface area contributed by atoms with E-state index < -0.39 is 0 Å². The van der Waals surface area contributed by atoms with Crippen molar-refractivity contribution in [2.75, 3.05) is 26.7 Å². The molecule has 0 aromatic carbocycles. The summed E-state index contributed by atoms with van der Waals surface area (Å²) in [4.78, 5) is 2.45. The van der Waals surface area contributed by atoms with Gasteiger partial charge in [0, 0.05) is 19.0 Å². The molecule has 0 aliphatic carbocycles. The van der Waals surface area contributed by atoms with Gasteiger partial charge >= 0.3 is 0 Å². The number of nitrogens with zero attached hydrogens (tertiary/aromatic N) is 3. The lowest BCUT2D eigenvalue weighted by molar-refractivity contribution is 0.282. The second-order valence-electron chi connectivity index (χ2n) is 5.17. The second kappa shape index (κ2) is 8.65. The molecule has 1 atom stereocenters. The van der Waals surface area contributed by atoms with Gasteiger partial charge in [-0.1, -0.05) is 25.4 Å². The molecule has 1 aromatic rings. The van der Waals surface area contributed by atoms with Crippen molar-refractivity contribution in [1.29, 1.82) is 0 Å². The van der Waals surface area contributed by atoms with Crippen LogP contribution in [0.15, 0.2) is 0 Å². The van der Waals surface area contributed by atoms with Crippen LogP contribution in [-0.2, 0) is 13.0 Å². The summed E-state index contributed by atoms with van der Waals surface area (Å²) in [5, 5.41) is 8.73. The number of hydrogen-bond donors (Lipinski definition) is 1. The third kappa shape index (κ3) is 4.47. The number of rotatable bonds is 9. The number of nitrogens with one attached hydrogen (secondary N) is 1. The molecule has 1 aromatic heterocycles. The quantitative estimate of drug-likeness (QED) is 0.761. The number of hydrogen-bond acceptors (Lipinski definition) is 3. The highest BCUT2D eigenvalue weighted by atomic mass is 35.5. The number of halogens is 1. The fourth-order valence-corrected chi connectivity index (χ4v) is 2.74. The average molecular weight is 301 g/mol. The summed E-state index contributed by atoms with van der Waals surface area (Å²) in [6, 6.07) is 0.439. The molecule has 1 N–H and O–H groups in total. The maximum Gasteiger partial charge on any atom is 0.0847 e. The first kappa shape index (κ1) is 17.5. The van der Waals surface area contributed by atoms with Crippen LogP contribution in [0, 0.1) is 6.92 Å². The minimum atomic E-state index is 0.439. The Morgan fingerprint density at radius 2 is 1.95 bits per heavy atom. The molecule has 0 fully saturated rings. The van der Waals surface area contributed by atoms with E-state index in [9.17, 15) is 0 Å². The van der Waals surface area contributed by atoms with E-state index in [1.807, 2.05) is 18.7 Å². The lowest BCUT2D eigenvalue weighted by Gasteiger charge is -2.22. The van der Waals surface area contributed by atoms with Crippen molar-refractivity contribution in [3.8, 4) is 0 Å². The molecule has 20 heavy (non-hydrogen) atoms. The Bertz CT molecular complexity index is 399. The molecule has 0 amide bonds. The van der Waals surface area contributed by atoms with Gasteiger partial charge in [-0.15, -0.1) is 0 Å². The second-order valence-corrected chi connectivity index (χ2v) is 5.55. The van der Waals surface area contributed by atoms with E-state index >= 15 is 0 Å². The largest absolute Gasteiger partial charge is 0.317 e. The molecule has 0 saturated carbocycles. The van der Waals surface area contributed by atoms with Crippen LogP contribution >= 0.6 is 11.6 Å². The van der Waals surface area contributed by atoms with Gasteiger partial charge < -0.3 is 10.2 Å². The zero-order valence-electron chi connectivity index (χ0n) is 13.5.